The van der Waals surface area contributed by atoms with Gasteiger partial charge in [0.2, 0.25) is 11.0 Å². The number of halogens is 3. The molecule has 0 saturated heterocycles. The zero-order valence-electron chi connectivity index (χ0n) is 12.3. The summed E-state index contributed by atoms with van der Waals surface area (Å²) >= 11 is 0. The van der Waals surface area contributed by atoms with Gasteiger partial charge in [-0.3, -0.25) is 4.18 Å². The smallest absolute Gasteiger partial charge is 0.256 e. The molecule has 0 radical (unpaired) electrons. The molecule has 126 valence electrons. The molecule has 4 nitrogen and oxygen atoms in total. The van der Waals surface area contributed by atoms with Crippen molar-refractivity contribution in [1.82, 2.24) is 0 Å². The molecule has 0 aliphatic rings. The zero-order chi connectivity index (χ0) is 17.4. The van der Waals surface area contributed by atoms with Crippen molar-refractivity contribution in [2.24, 2.45) is 0 Å². The third-order valence-corrected chi connectivity index (χ3v) is 4.65. The molecule has 0 unspecified atom stereocenters. The average molecular weight is 356 g/mol. The van der Waals surface area contributed by atoms with Crippen molar-refractivity contribution in [2.45, 2.75) is 12.1 Å². The van der Waals surface area contributed by atoms with Gasteiger partial charge in [-0.15, -0.1) is 0 Å². The lowest BCUT2D eigenvalue weighted by Crippen LogP contribution is -2.39. The van der Waals surface area contributed by atoms with Crippen LogP contribution in [0, 0.1) is 0 Å². The van der Waals surface area contributed by atoms with E-state index in [1.165, 1.54) is 0 Å². The van der Waals surface area contributed by atoms with Crippen molar-refractivity contribution in [2.75, 3.05) is 6.61 Å². The molecular formula is C16H13F3NO3S+. The normalized spacial score (nSPS) is 12.8. The van der Waals surface area contributed by atoms with Crippen molar-refractivity contribution >= 4 is 31.9 Å². The number of nitrogens with zero attached hydrogens (tertiary/aromatic N) is 1. The molecule has 0 aliphatic carbocycles. The van der Waals surface area contributed by atoms with E-state index < -0.39 is 22.2 Å². The van der Waals surface area contributed by atoms with E-state index in [0.29, 0.717) is 0 Å². The van der Waals surface area contributed by atoms with Crippen LogP contribution in [-0.4, -0.2) is 20.5 Å². The Morgan fingerprint density at radius 1 is 0.917 bits per heavy atom. The van der Waals surface area contributed by atoms with Gasteiger partial charge in [-0.25, -0.2) is 0 Å². The number of hydrogen-bond acceptors (Lipinski definition) is 3. The highest BCUT2D eigenvalue weighted by Crippen LogP contribution is 2.24. The highest BCUT2D eigenvalue weighted by molar-refractivity contribution is 7.87. The second-order valence-corrected chi connectivity index (χ2v) is 6.74. The number of aromatic nitrogens is 1. The Bertz CT molecular complexity index is 946. The molecule has 3 aromatic rings. The second kappa shape index (κ2) is 6.03. The van der Waals surface area contributed by atoms with Crippen LogP contribution in [0.5, 0.6) is 0 Å². The Balaban J connectivity index is 1.99. The standard InChI is InChI=1S/C16H13F3NO3S/c17-16(18,19)24(21,22)23-10-9-20-14-7-3-1-5-12(14)11-13-6-2-4-8-15(13)20/h1-8,11H,9-10H2/q+1. The van der Waals surface area contributed by atoms with Crippen LogP contribution in [0.4, 0.5) is 13.2 Å². The van der Waals surface area contributed by atoms with Crippen LogP contribution in [0.3, 0.4) is 0 Å². The Labute approximate surface area is 136 Å². The summed E-state index contributed by atoms with van der Waals surface area (Å²) in [6.45, 7) is -0.637. The van der Waals surface area contributed by atoms with Crippen LogP contribution in [-0.2, 0) is 20.8 Å². The van der Waals surface area contributed by atoms with Crippen LogP contribution < -0.4 is 4.57 Å². The largest absolute Gasteiger partial charge is 0.523 e. The van der Waals surface area contributed by atoms with Gasteiger partial charge in [0.25, 0.3) is 0 Å². The van der Waals surface area contributed by atoms with E-state index in [4.69, 9.17) is 0 Å². The fraction of sp³-hybridized carbons (Fsp3) is 0.188. The zero-order valence-corrected chi connectivity index (χ0v) is 13.1. The van der Waals surface area contributed by atoms with E-state index in [0.717, 1.165) is 21.8 Å². The first-order valence-electron chi connectivity index (χ1n) is 7.06. The highest BCUT2D eigenvalue weighted by Gasteiger charge is 2.47. The summed E-state index contributed by atoms with van der Waals surface area (Å²) in [4.78, 5) is 0. The van der Waals surface area contributed by atoms with Crippen LogP contribution in [0.15, 0.2) is 54.6 Å². The Kier molecular flexibility index (Phi) is 4.18. The maximum Gasteiger partial charge on any atom is 0.523 e. The quantitative estimate of drug-likeness (QED) is 0.312. The summed E-state index contributed by atoms with van der Waals surface area (Å²) in [6, 6.07) is 16.7. The number of benzene rings is 2. The highest BCUT2D eigenvalue weighted by atomic mass is 32.2. The van der Waals surface area contributed by atoms with Crippen molar-refractivity contribution in [3.8, 4) is 0 Å². The summed E-state index contributed by atoms with van der Waals surface area (Å²) in [7, 11) is -5.59. The van der Waals surface area contributed by atoms with E-state index in [1.807, 2.05) is 42.5 Å². The minimum absolute atomic E-state index is 0.0306. The topological polar surface area (TPSA) is 47.3 Å². The molecule has 0 atom stereocenters. The number of hydrogen-bond donors (Lipinski definition) is 0. The predicted molar refractivity (Wildman–Crippen MR) is 82.6 cm³/mol. The average Bonchev–Trinajstić information content (AvgIpc) is 2.53. The van der Waals surface area contributed by atoms with Crippen molar-refractivity contribution < 1.29 is 30.3 Å². The van der Waals surface area contributed by atoms with Gasteiger partial charge in [0.05, 0.1) is 0 Å². The minimum atomic E-state index is -5.59. The Morgan fingerprint density at radius 2 is 1.42 bits per heavy atom. The van der Waals surface area contributed by atoms with Gasteiger partial charge in [0.1, 0.15) is 6.61 Å². The Morgan fingerprint density at radius 3 is 1.92 bits per heavy atom. The third kappa shape index (κ3) is 3.07. The summed E-state index contributed by atoms with van der Waals surface area (Å²) in [5.41, 5.74) is -3.85. The fourth-order valence-corrected chi connectivity index (χ4v) is 2.98. The SMILES string of the molecule is O=S(=O)(OCC[n+]1c2ccccc2cc2ccccc21)C(F)(F)F. The molecule has 2 aromatic carbocycles. The third-order valence-electron chi connectivity index (χ3n) is 3.60. The molecule has 0 N–H and O–H groups in total. The first-order valence-corrected chi connectivity index (χ1v) is 8.46. The number of para-hydroxylation sites is 2. The number of pyridine rings is 1. The molecule has 0 saturated carbocycles. The monoisotopic (exact) mass is 356 g/mol. The lowest BCUT2D eigenvalue weighted by atomic mass is 10.1. The van der Waals surface area contributed by atoms with Gasteiger partial charge < -0.3 is 0 Å². The molecule has 0 spiro atoms. The van der Waals surface area contributed by atoms with Crippen molar-refractivity contribution in [3.63, 3.8) is 0 Å². The molecule has 0 aliphatic heterocycles. The second-order valence-electron chi connectivity index (χ2n) is 5.14. The lowest BCUT2D eigenvalue weighted by molar-refractivity contribution is -0.646. The van der Waals surface area contributed by atoms with Crippen molar-refractivity contribution in [3.05, 3.63) is 54.6 Å². The summed E-state index contributed by atoms with van der Waals surface area (Å²) in [6.07, 6.45) is 0. The molecular weight excluding hydrogens is 343 g/mol. The van der Waals surface area contributed by atoms with Gasteiger partial charge in [0.15, 0.2) is 6.54 Å². The maximum absolute atomic E-state index is 12.3. The minimum Gasteiger partial charge on any atom is -0.256 e. The van der Waals surface area contributed by atoms with Gasteiger partial charge in [-0.05, 0) is 18.2 Å². The van der Waals surface area contributed by atoms with Gasteiger partial charge in [0, 0.05) is 22.9 Å². The van der Waals surface area contributed by atoms with E-state index in [2.05, 4.69) is 4.18 Å². The van der Waals surface area contributed by atoms with Crippen LogP contribution in [0.1, 0.15) is 0 Å². The van der Waals surface area contributed by atoms with Gasteiger partial charge >= 0.3 is 15.6 Å². The Hall–Kier alpha value is -2.19. The van der Waals surface area contributed by atoms with E-state index in [9.17, 15) is 21.6 Å². The van der Waals surface area contributed by atoms with Gasteiger partial charge in [-0.2, -0.15) is 26.2 Å². The summed E-state index contributed by atoms with van der Waals surface area (Å²) in [5, 5.41) is 1.80. The maximum atomic E-state index is 12.3. The van der Waals surface area contributed by atoms with Gasteiger partial charge in [-0.1, -0.05) is 24.3 Å². The molecule has 8 heteroatoms. The molecule has 1 aromatic heterocycles. The first-order chi connectivity index (χ1) is 11.3. The van der Waals surface area contributed by atoms with E-state index in [1.54, 1.807) is 16.7 Å². The number of alkyl halides is 3. The van der Waals surface area contributed by atoms with Crippen molar-refractivity contribution in [1.29, 1.82) is 0 Å². The van der Waals surface area contributed by atoms with E-state index >= 15 is 0 Å². The fourth-order valence-electron chi connectivity index (χ4n) is 2.55. The molecule has 3 rings (SSSR count). The molecule has 0 fully saturated rings. The first kappa shape index (κ1) is 16.7. The molecule has 24 heavy (non-hydrogen) atoms. The summed E-state index contributed by atoms with van der Waals surface area (Å²) < 4.78 is 64.9. The van der Waals surface area contributed by atoms with Crippen LogP contribution in [0.2, 0.25) is 0 Å². The number of rotatable bonds is 4. The molecule has 0 bridgehead atoms. The lowest BCUT2D eigenvalue weighted by Gasteiger charge is -2.08. The summed E-state index contributed by atoms with van der Waals surface area (Å²) in [5.74, 6) is 0. The number of fused-ring (bicyclic) bond motifs is 2. The van der Waals surface area contributed by atoms with Crippen LogP contribution in [0.25, 0.3) is 21.8 Å². The predicted octanol–water partition coefficient (Wildman–Crippen LogP) is 3.15. The molecule has 0 amide bonds. The molecule has 1 heterocycles. The van der Waals surface area contributed by atoms with E-state index in [-0.39, 0.29) is 6.54 Å². The van der Waals surface area contributed by atoms with Crippen LogP contribution >= 0.6 is 0 Å².